The fourth-order valence-corrected chi connectivity index (χ4v) is 4.00. The van der Waals surface area contributed by atoms with Gasteiger partial charge in [0.1, 0.15) is 5.78 Å². The van der Waals surface area contributed by atoms with E-state index in [9.17, 15) is 19.2 Å². The molecule has 160 valence electrons. The molecule has 0 saturated carbocycles. The van der Waals surface area contributed by atoms with E-state index >= 15 is 0 Å². The Hall–Kier alpha value is -2.80. The van der Waals surface area contributed by atoms with E-state index in [1.165, 1.54) is 11.3 Å². The third-order valence-electron chi connectivity index (χ3n) is 4.66. The Labute approximate surface area is 181 Å². The van der Waals surface area contributed by atoms with Crippen molar-refractivity contribution in [3.05, 3.63) is 50.7 Å². The minimum Gasteiger partial charge on any atom is -0.347 e. The molecule has 2 aromatic rings. The van der Waals surface area contributed by atoms with Crippen LogP contribution >= 0.6 is 11.3 Å². The molecule has 0 bridgehead atoms. The van der Waals surface area contributed by atoms with Gasteiger partial charge in [0, 0.05) is 36.2 Å². The zero-order valence-corrected chi connectivity index (χ0v) is 18.7. The molecule has 0 saturated heterocycles. The van der Waals surface area contributed by atoms with E-state index in [0.29, 0.717) is 4.88 Å². The van der Waals surface area contributed by atoms with Crippen LogP contribution in [0.3, 0.4) is 0 Å². The van der Waals surface area contributed by atoms with Crippen LogP contribution in [-0.2, 0) is 14.4 Å². The predicted molar refractivity (Wildman–Crippen MR) is 119 cm³/mol. The van der Waals surface area contributed by atoms with Crippen LogP contribution in [0.1, 0.15) is 56.9 Å². The number of benzene rings is 1. The number of hydrogen-bond donors (Lipinski definition) is 2. The Balaban J connectivity index is 1.68. The first-order chi connectivity index (χ1) is 14.2. The summed E-state index contributed by atoms with van der Waals surface area (Å²) in [5.41, 5.74) is 3.80. The monoisotopic (exact) mass is 428 g/mol. The molecule has 1 aromatic carbocycles. The van der Waals surface area contributed by atoms with Crippen molar-refractivity contribution in [2.75, 3.05) is 11.9 Å². The van der Waals surface area contributed by atoms with Crippen molar-refractivity contribution in [3.63, 3.8) is 0 Å². The van der Waals surface area contributed by atoms with Crippen molar-refractivity contribution in [2.24, 2.45) is 0 Å². The van der Waals surface area contributed by atoms with E-state index in [1.54, 1.807) is 6.07 Å². The maximum absolute atomic E-state index is 12.1. The number of hydrogen-bond acceptors (Lipinski definition) is 5. The molecule has 1 heterocycles. The van der Waals surface area contributed by atoms with Gasteiger partial charge in [-0.15, -0.1) is 11.3 Å². The molecule has 7 heteroatoms. The van der Waals surface area contributed by atoms with E-state index < -0.39 is 0 Å². The summed E-state index contributed by atoms with van der Waals surface area (Å²) in [6.45, 7) is 7.60. The first-order valence-corrected chi connectivity index (χ1v) is 10.7. The molecule has 0 aliphatic carbocycles. The standard InChI is InChI=1S/C23H28N2O4S/c1-14-11-15(2)23(16(3)12-14)25-22(29)13-24-21(28)10-7-18(26)6-8-19(27)20-9-5-17(4)30-20/h5,9,11-12H,6-8,10,13H2,1-4H3,(H,24,28)(H,25,29). The number of anilines is 1. The number of aryl methyl sites for hydroxylation is 4. The van der Waals surface area contributed by atoms with E-state index in [2.05, 4.69) is 10.6 Å². The van der Waals surface area contributed by atoms with Crippen LogP contribution in [0.4, 0.5) is 5.69 Å². The van der Waals surface area contributed by atoms with Crippen molar-refractivity contribution < 1.29 is 19.2 Å². The van der Waals surface area contributed by atoms with Gasteiger partial charge < -0.3 is 10.6 Å². The van der Waals surface area contributed by atoms with Gasteiger partial charge in [-0.1, -0.05) is 17.7 Å². The molecule has 2 amide bonds. The Morgan fingerprint density at radius 2 is 1.47 bits per heavy atom. The summed E-state index contributed by atoms with van der Waals surface area (Å²) in [6.07, 6.45) is 0.328. The molecular formula is C23H28N2O4S. The van der Waals surface area contributed by atoms with Crippen molar-refractivity contribution >= 4 is 40.4 Å². The zero-order valence-electron chi connectivity index (χ0n) is 17.9. The SMILES string of the molecule is Cc1cc(C)c(NC(=O)CNC(=O)CCC(=O)CCC(=O)c2ccc(C)s2)c(C)c1. The molecule has 0 aliphatic rings. The number of amides is 2. The summed E-state index contributed by atoms with van der Waals surface area (Å²) in [6, 6.07) is 7.61. The van der Waals surface area contributed by atoms with Crippen LogP contribution in [0, 0.1) is 27.7 Å². The van der Waals surface area contributed by atoms with Crippen LogP contribution in [0.25, 0.3) is 0 Å². The first kappa shape index (κ1) is 23.5. The minimum atomic E-state index is -0.365. The number of carbonyl (C=O) groups is 4. The highest BCUT2D eigenvalue weighted by Crippen LogP contribution is 2.21. The number of rotatable bonds is 10. The van der Waals surface area contributed by atoms with E-state index in [-0.39, 0.29) is 55.6 Å². The summed E-state index contributed by atoms with van der Waals surface area (Å²) in [7, 11) is 0. The molecule has 2 rings (SSSR count). The smallest absolute Gasteiger partial charge is 0.243 e. The van der Waals surface area contributed by atoms with Crippen molar-refractivity contribution in [1.82, 2.24) is 5.32 Å². The molecule has 6 nitrogen and oxygen atoms in total. The molecule has 0 atom stereocenters. The van der Waals surface area contributed by atoms with Crippen LogP contribution in [0.2, 0.25) is 0 Å². The molecule has 0 spiro atoms. The molecule has 1 aromatic heterocycles. The second-order valence-electron chi connectivity index (χ2n) is 7.47. The second kappa shape index (κ2) is 10.8. The average Bonchev–Trinajstić information content (AvgIpc) is 3.12. The lowest BCUT2D eigenvalue weighted by Crippen LogP contribution is -2.33. The van der Waals surface area contributed by atoms with Crippen LogP contribution < -0.4 is 10.6 Å². The highest BCUT2D eigenvalue weighted by atomic mass is 32.1. The minimum absolute atomic E-state index is 0.000993. The highest BCUT2D eigenvalue weighted by molar-refractivity contribution is 7.14. The maximum Gasteiger partial charge on any atom is 0.243 e. The third-order valence-corrected chi connectivity index (χ3v) is 5.71. The normalized spacial score (nSPS) is 10.5. The van der Waals surface area contributed by atoms with Gasteiger partial charge >= 0.3 is 0 Å². The average molecular weight is 429 g/mol. The summed E-state index contributed by atoms with van der Waals surface area (Å²) >= 11 is 1.41. The predicted octanol–water partition coefficient (Wildman–Crippen LogP) is 4.05. The Bertz CT molecular complexity index is 939. The number of carbonyl (C=O) groups excluding carboxylic acids is 4. The molecule has 0 aliphatic heterocycles. The van der Waals surface area contributed by atoms with Crippen LogP contribution in [0.5, 0.6) is 0 Å². The van der Waals surface area contributed by atoms with Crippen molar-refractivity contribution in [2.45, 2.75) is 53.4 Å². The van der Waals surface area contributed by atoms with E-state index in [4.69, 9.17) is 0 Å². The second-order valence-corrected chi connectivity index (χ2v) is 8.76. The maximum atomic E-state index is 12.1. The zero-order chi connectivity index (χ0) is 22.3. The highest BCUT2D eigenvalue weighted by Gasteiger charge is 2.14. The molecular weight excluding hydrogens is 400 g/mol. The fourth-order valence-electron chi connectivity index (χ4n) is 3.17. The van der Waals surface area contributed by atoms with Gasteiger partial charge in [0.25, 0.3) is 0 Å². The molecule has 0 unspecified atom stereocenters. The Morgan fingerprint density at radius 1 is 0.833 bits per heavy atom. The summed E-state index contributed by atoms with van der Waals surface area (Å²) in [5, 5.41) is 5.35. The van der Waals surface area contributed by atoms with Gasteiger partial charge in [-0.3, -0.25) is 19.2 Å². The lowest BCUT2D eigenvalue weighted by molar-refractivity contribution is -0.126. The summed E-state index contributed by atoms with van der Waals surface area (Å²) in [5.74, 6) is -0.871. The van der Waals surface area contributed by atoms with Gasteiger partial charge in [-0.25, -0.2) is 0 Å². The first-order valence-electron chi connectivity index (χ1n) is 9.91. The van der Waals surface area contributed by atoms with Gasteiger partial charge in [0.2, 0.25) is 11.8 Å². The number of thiophene rings is 1. The van der Waals surface area contributed by atoms with Crippen molar-refractivity contribution in [3.8, 4) is 0 Å². The van der Waals surface area contributed by atoms with Gasteiger partial charge in [0.15, 0.2) is 5.78 Å². The number of Topliss-reactive ketones (excluding diaryl/α,β-unsaturated/α-hetero) is 2. The quantitative estimate of drug-likeness (QED) is 0.559. The Kier molecular flexibility index (Phi) is 8.47. The van der Waals surface area contributed by atoms with Gasteiger partial charge in [-0.05, 0) is 51.0 Å². The van der Waals surface area contributed by atoms with Crippen LogP contribution in [-0.4, -0.2) is 29.9 Å². The summed E-state index contributed by atoms with van der Waals surface area (Å²) < 4.78 is 0. The van der Waals surface area contributed by atoms with Gasteiger partial charge in [0.05, 0.1) is 11.4 Å². The van der Waals surface area contributed by atoms with E-state index in [1.807, 2.05) is 45.9 Å². The lowest BCUT2D eigenvalue weighted by atomic mass is 10.1. The molecule has 30 heavy (non-hydrogen) atoms. The van der Waals surface area contributed by atoms with Crippen molar-refractivity contribution in [1.29, 1.82) is 0 Å². The van der Waals surface area contributed by atoms with E-state index in [0.717, 1.165) is 27.3 Å². The molecule has 0 fully saturated rings. The summed E-state index contributed by atoms with van der Waals surface area (Å²) in [4.78, 5) is 49.8. The third kappa shape index (κ3) is 7.22. The number of nitrogens with one attached hydrogen (secondary N) is 2. The molecule has 2 N–H and O–H groups in total. The Morgan fingerprint density at radius 3 is 2.07 bits per heavy atom. The number of ketones is 2. The molecule has 0 radical (unpaired) electrons. The topological polar surface area (TPSA) is 92.3 Å². The fraction of sp³-hybridized carbons (Fsp3) is 0.391. The van der Waals surface area contributed by atoms with Crippen LogP contribution in [0.15, 0.2) is 24.3 Å². The van der Waals surface area contributed by atoms with Gasteiger partial charge in [-0.2, -0.15) is 0 Å². The largest absolute Gasteiger partial charge is 0.347 e. The lowest BCUT2D eigenvalue weighted by Gasteiger charge is -2.13.